The molecular weight excluding hydrogens is 222 g/mol. The average molecular weight is 247 g/mol. The molecule has 100 valence electrons. The van der Waals surface area contributed by atoms with Gasteiger partial charge >= 0.3 is 0 Å². The summed E-state index contributed by atoms with van der Waals surface area (Å²) in [6.07, 6.45) is 2.40. The highest BCUT2D eigenvalue weighted by Gasteiger charge is 2.19. The van der Waals surface area contributed by atoms with Gasteiger partial charge < -0.3 is 5.11 Å². The van der Waals surface area contributed by atoms with Gasteiger partial charge in [-0.25, -0.2) is 0 Å². The van der Waals surface area contributed by atoms with E-state index >= 15 is 0 Å². The Labute approximate surface area is 111 Å². The molecule has 0 bridgehead atoms. The molecule has 0 spiro atoms. The Morgan fingerprint density at radius 2 is 1.89 bits per heavy atom. The molecule has 18 heavy (non-hydrogen) atoms. The number of benzene rings is 1. The molecule has 2 heteroatoms. The van der Waals surface area contributed by atoms with Crippen LogP contribution in [0.1, 0.15) is 35.1 Å². The summed E-state index contributed by atoms with van der Waals surface area (Å²) in [6.45, 7) is 10.1. The number of aliphatic hydroxyl groups excluding tert-OH is 1. The summed E-state index contributed by atoms with van der Waals surface area (Å²) in [5.41, 5.74) is 5.59. The zero-order valence-corrected chi connectivity index (χ0v) is 11.9. The number of rotatable bonds is 3. The Bertz CT molecular complexity index is 414. The monoisotopic (exact) mass is 247 g/mol. The van der Waals surface area contributed by atoms with Gasteiger partial charge in [0.2, 0.25) is 0 Å². The third-order valence-electron chi connectivity index (χ3n) is 4.21. The average Bonchev–Trinajstić information content (AvgIpc) is 2.36. The number of aryl methyl sites for hydroxylation is 3. The van der Waals surface area contributed by atoms with E-state index in [1.165, 1.54) is 41.6 Å². The van der Waals surface area contributed by atoms with Crippen LogP contribution in [0.15, 0.2) is 12.1 Å². The predicted molar refractivity (Wildman–Crippen MR) is 75.7 cm³/mol. The van der Waals surface area contributed by atoms with Gasteiger partial charge in [0.25, 0.3) is 0 Å². The molecule has 0 aromatic heterocycles. The summed E-state index contributed by atoms with van der Waals surface area (Å²) in [5, 5.41) is 9.28. The SMILES string of the molecule is Cc1cc(C)c(CN2CCCC(CO)C2)cc1C. The summed E-state index contributed by atoms with van der Waals surface area (Å²) in [7, 11) is 0. The van der Waals surface area contributed by atoms with Crippen molar-refractivity contribution in [1.29, 1.82) is 0 Å². The van der Waals surface area contributed by atoms with Crippen LogP contribution in [0.2, 0.25) is 0 Å². The lowest BCUT2D eigenvalue weighted by Crippen LogP contribution is -2.36. The van der Waals surface area contributed by atoms with Crippen molar-refractivity contribution in [2.45, 2.75) is 40.2 Å². The summed E-state index contributed by atoms with van der Waals surface area (Å²) >= 11 is 0. The number of hydrogen-bond donors (Lipinski definition) is 1. The van der Waals surface area contributed by atoms with Crippen molar-refractivity contribution in [2.75, 3.05) is 19.7 Å². The van der Waals surface area contributed by atoms with E-state index in [0.29, 0.717) is 12.5 Å². The number of piperidine rings is 1. The number of aliphatic hydroxyl groups is 1. The van der Waals surface area contributed by atoms with Gasteiger partial charge in [0.15, 0.2) is 0 Å². The first-order valence-corrected chi connectivity index (χ1v) is 7.00. The summed E-state index contributed by atoms with van der Waals surface area (Å²) < 4.78 is 0. The van der Waals surface area contributed by atoms with Gasteiger partial charge in [-0.15, -0.1) is 0 Å². The Hall–Kier alpha value is -0.860. The van der Waals surface area contributed by atoms with Crippen LogP contribution in [0, 0.1) is 26.7 Å². The summed E-state index contributed by atoms with van der Waals surface area (Å²) in [5.74, 6) is 0.477. The molecule has 0 saturated carbocycles. The van der Waals surface area contributed by atoms with Crippen LogP contribution in [0.3, 0.4) is 0 Å². The molecule has 1 aromatic rings. The Kier molecular flexibility index (Phi) is 4.41. The first-order valence-electron chi connectivity index (χ1n) is 7.00. The highest BCUT2D eigenvalue weighted by atomic mass is 16.3. The molecule has 1 aliphatic heterocycles. The van der Waals surface area contributed by atoms with Crippen molar-refractivity contribution in [2.24, 2.45) is 5.92 Å². The van der Waals surface area contributed by atoms with Crippen LogP contribution < -0.4 is 0 Å². The van der Waals surface area contributed by atoms with Gasteiger partial charge in [-0.3, -0.25) is 4.90 Å². The van der Waals surface area contributed by atoms with Crippen LogP contribution >= 0.6 is 0 Å². The van der Waals surface area contributed by atoms with Gasteiger partial charge in [-0.05, 0) is 68.3 Å². The second kappa shape index (κ2) is 5.85. The zero-order chi connectivity index (χ0) is 13.1. The van der Waals surface area contributed by atoms with Crippen molar-refractivity contribution >= 4 is 0 Å². The fourth-order valence-electron chi connectivity index (χ4n) is 2.88. The van der Waals surface area contributed by atoms with Crippen molar-refractivity contribution in [1.82, 2.24) is 4.90 Å². The third kappa shape index (κ3) is 3.12. The van der Waals surface area contributed by atoms with Crippen LogP contribution in [0.4, 0.5) is 0 Å². The summed E-state index contributed by atoms with van der Waals surface area (Å²) in [6, 6.07) is 4.62. The quantitative estimate of drug-likeness (QED) is 0.888. The van der Waals surface area contributed by atoms with Crippen LogP contribution in [0.5, 0.6) is 0 Å². The normalized spacial score (nSPS) is 21.2. The second-order valence-electron chi connectivity index (χ2n) is 5.79. The van der Waals surface area contributed by atoms with E-state index in [0.717, 1.165) is 13.1 Å². The molecule has 1 unspecified atom stereocenters. The van der Waals surface area contributed by atoms with E-state index in [-0.39, 0.29) is 0 Å². The topological polar surface area (TPSA) is 23.5 Å². The first-order chi connectivity index (χ1) is 8.60. The molecule has 1 fully saturated rings. The lowest BCUT2D eigenvalue weighted by molar-refractivity contribution is 0.115. The van der Waals surface area contributed by atoms with Crippen LogP contribution in [0.25, 0.3) is 0 Å². The molecule has 0 radical (unpaired) electrons. The van der Waals surface area contributed by atoms with E-state index in [1.807, 2.05) is 0 Å². The maximum absolute atomic E-state index is 9.28. The zero-order valence-electron chi connectivity index (χ0n) is 11.9. The molecule has 0 amide bonds. The highest BCUT2D eigenvalue weighted by Crippen LogP contribution is 2.21. The number of likely N-dealkylation sites (tertiary alicyclic amines) is 1. The minimum atomic E-state index is 0.336. The maximum atomic E-state index is 9.28. The largest absolute Gasteiger partial charge is 0.396 e. The number of hydrogen-bond acceptors (Lipinski definition) is 2. The van der Waals surface area contributed by atoms with Crippen molar-refractivity contribution in [3.05, 3.63) is 34.4 Å². The van der Waals surface area contributed by atoms with E-state index < -0.39 is 0 Å². The molecule has 1 heterocycles. The predicted octanol–water partition coefficient (Wildman–Crippen LogP) is 2.82. The van der Waals surface area contributed by atoms with Gasteiger partial charge in [-0.1, -0.05) is 12.1 Å². The van der Waals surface area contributed by atoms with Crippen molar-refractivity contribution in [3.8, 4) is 0 Å². The molecule has 1 N–H and O–H groups in total. The molecule has 1 saturated heterocycles. The molecule has 1 aliphatic rings. The van der Waals surface area contributed by atoms with Gasteiger partial charge in [-0.2, -0.15) is 0 Å². The van der Waals surface area contributed by atoms with E-state index in [9.17, 15) is 5.11 Å². The van der Waals surface area contributed by atoms with Crippen molar-refractivity contribution in [3.63, 3.8) is 0 Å². The Morgan fingerprint density at radius 3 is 2.61 bits per heavy atom. The van der Waals surface area contributed by atoms with Crippen LogP contribution in [-0.2, 0) is 6.54 Å². The Balaban J connectivity index is 2.07. The second-order valence-corrected chi connectivity index (χ2v) is 5.79. The first kappa shape index (κ1) is 13.6. The van der Waals surface area contributed by atoms with Gasteiger partial charge in [0.1, 0.15) is 0 Å². The molecule has 2 rings (SSSR count). The molecular formula is C16H25NO. The van der Waals surface area contributed by atoms with E-state index in [1.54, 1.807) is 0 Å². The lowest BCUT2D eigenvalue weighted by Gasteiger charge is -2.32. The Morgan fingerprint density at radius 1 is 1.17 bits per heavy atom. The van der Waals surface area contributed by atoms with E-state index in [4.69, 9.17) is 0 Å². The van der Waals surface area contributed by atoms with Crippen LogP contribution in [-0.4, -0.2) is 29.7 Å². The minimum absolute atomic E-state index is 0.336. The standard InChI is InChI=1S/C16H25NO/c1-12-7-14(3)16(8-13(12)2)10-17-6-4-5-15(9-17)11-18/h7-8,15,18H,4-6,9-11H2,1-3H3. The fraction of sp³-hybridized carbons (Fsp3) is 0.625. The van der Waals surface area contributed by atoms with E-state index in [2.05, 4.69) is 37.8 Å². The molecule has 1 atom stereocenters. The summed E-state index contributed by atoms with van der Waals surface area (Å²) in [4.78, 5) is 2.49. The fourth-order valence-corrected chi connectivity index (χ4v) is 2.88. The highest BCUT2D eigenvalue weighted by molar-refractivity contribution is 5.36. The molecule has 0 aliphatic carbocycles. The minimum Gasteiger partial charge on any atom is -0.396 e. The number of nitrogens with zero attached hydrogens (tertiary/aromatic N) is 1. The van der Waals surface area contributed by atoms with Crippen molar-refractivity contribution < 1.29 is 5.11 Å². The van der Waals surface area contributed by atoms with Gasteiger partial charge in [0, 0.05) is 19.7 Å². The molecule has 1 aromatic carbocycles. The third-order valence-corrected chi connectivity index (χ3v) is 4.21. The van der Waals surface area contributed by atoms with Gasteiger partial charge in [0.05, 0.1) is 0 Å². The molecule has 2 nitrogen and oxygen atoms in total. The lowest BCUT2D eigenvalue weighted by atomic mass is 9.96. The maximum Gasteiger partial charge on any atom is 0.0471 e. The smallest absolute Gasteiger partial charge is 0.0471 e.